The Kier molecular flexibility index (Phi) is 4.27. The second-order valence-electron chi connectivity index (χ2n) is 8.79. The van der Waals surface area contributed by atoms with Crippen LogP contribution in [0.5, 0.6) is 0 Å². The molecule has 0 saturated carbocycles. The Morgan fingerprint density at radius 3 is 2.55 bits per heavy atom. The van der Waals surface area contributed by atoms with Gasteiger partial charge in [0, 0.05) is 23.2 Å². The maximum Gasteiger partial charge on any atom is 0.162 e. The topological polar surface area (TPSA) is 29.1 Å². The highest BCUT2D eigenvalue weighted by molar-refractivity contribution is 6.42. The van der Waals surface area contributed by atoms with Crippen LogP contribution in [0.4, 0.5) is 5.69 Å². The third-order valence-corrected chi connectivity index (χ3v) is 6.76. The number of Topliss-reactive ketones (excluding diaryl/α,β-unsaturated/α-hetero) is 1. The highest BCUT2D eigenvalue weighted by Gasteiger charge is 2.40. The summed E-state index contributed by atoms with van der Waals surface area (Å²) in [6, 6.07) is 18.0. The van der Waals surface area contributed by atoms with Crippen molar-refractivity contribution in [1.29, 1.82) is 0 Å². The summed E-state index contributed by atoms with van der Waals surface area (Å²) in [6.07, 6.45) is 1.42. The Balaban J connectivity index is 1.80. The third-order valence-electron chi connectivity index (χ3n) is 6.02. The van der Waals surface area contributed by atoms with Gasteiger partial charge in [0.25, 0.3) is 0 Å². The van der Waals surface area contributed by atoms with Crippen LogP contribution in [-0.4, -0.2) is 5.78 Å². The summed E-state index contributed by atoms with van der Waals surface area (Å²) >= 11 is 12.4. The Morgan fingerprint density at radius 1 is 0.966 bits per heavy atom. The van der Waals surface area contributed by atoms with Crippen LogP contribution in [0.25, 0.3) is 16.3 Å². The molecule has 0 fully saturated rings. The third kappa shape index (κ3) is 3.06. The molecule has 29 heavy (non-hydrogen) atoms. The van der Waals surface area contributed by atoms with Gasteiger partial charge in [-0.1, -0.05) is 73.4 Å². The van der Waals surface area contributed by atoms with E-state index in [4.69, 9.17) is 23.2 Å². The number of hydrogen-bond acceptors (Lipinski definition) is 2. The van der Waals surface area contributed by atoms with Gasteiger partial charge in [-0.05, 0) is 51.9 Å². The van der Waals surface area contributed by atoms with Gasteiger partial charge in [0.1, 0.15) is 0 Å². The fourth-order valence-electron chi connectivity index (χ4n) is 4.78. The maximum atomic E-state index is 13.4. The normalized spacial score (nSPS) is 20.3. The number of rotatable bonds is 1. The summed E-state index contributed by atoms with van der Waals surface area (Å²) < 4.78 is 0. The van der Waals surface area contributed by atoms with Crippen molar-refractivity contribution in [3.8, 4) is 0 Å². The molecule has 1 N–H and O–H groups in total. The molecule has 2 nitrogen and oxygen atoms in total. The second kappa shape index (κ2) is 6.62. The number of fused-ring (bicyclic) bond motifs is 4. The van der Waals surface area contributed by atoms with Crippen LogP contribution in [0.15, 0.2) is 60.2 Å². The van der Waals surface area contributed by atoms with E-state index >= 15 is 0 Å². The molecule has 146 valence electrons. The molecule has 2 aliphatic rings. The molecule has 1 unspecified atom stereocenters. The van der Waals surface area contributed by atoms with Crippen LogP contribution in [0.1, 0.15) is 43.9 Å². The van der Waals surface area contributed by atoms with Crippen molar-refractivity contribution >= 4 is 51.0 Å². The molecule has 1 atom stereocenters. The fourth-order valence-corrected chi connectivity index (χ4v) is 5.09. The Bertz CT molecular complexity index is 1210. The van der Waals surface area contributed by atoms with E-state index in [0.717, 1.165) is 34.4 Å². The van der Waals surface area contributed by atoms with E-state index in [9.17, 15) is 4.79 Å². The van der Waals surface area contributed by atoms with E-state index in [1.807, 2.05) is 12.1 Å². The first-order valence-corrected chi connectivity index (χ1v) is 10.6. The van der Waals surface area contributed by atoms with Gasteiger partial charge in [-0.2, -0.15) is 0 Å². The van der Waals surface area contributed by atoms with E-state index in [2.05, 4.69) is 55.6 Å². The molecule has 1 aliphatic carbocycles. The molecule has 0 bridgehead atoms. The molecule has 3 aromatic carbocycles. The lowest BCUT2D eigenvalue weighted by molar-refractivity contribution is -0.118. The summed E-state index contributed by atoms with van der Waals surface area (Å²) in [5.41, 5.74) is 5.14. The van der Waals surface area contributed by atoms with Crippen LogP contribution < -0.4 is 5.32 Å². The van der Waals surface area contributed by atoms with Crippen molar-refractivity contribution in [1.82, 2.24) is 0 Å². The Labute approximate surface area is 180 Å². The van der Waals surface area contributed by atoms with E-state index in [-0.39, 0.29) is 17.2 Å². The Hall–Kier alpha value is -2.29. The van der Waals surface area contributed by atoms with Crippen molar-refractivity contribution in [2.75, 3.05) is 5.32 Å². The predicted molar refractivity (Wildman–Crippen MR) is 122 cm³/mol. The van der Waals surface area contributed by atoms with E-state index in [1.165, 1.54) is 10.8 Å². The lowest BCUT2D eigenvalue weighted by Gasteiger charge is -2.40. The number of allylic oxidation sites excluding steroid dienone is 1. The average Bonchev–Trinajstić information content (AvgIpc) is 2.68. The zero-order chi connectivity index (χ0) is 20.3. The van der Waals surface area contributed by atoms with Gasteiger partial charge >= 0.3 is 0 Å². The van der Waals surface area contributed by atoms with Crippen molar-refractivity contribution in [2.45, 2.75) is 32.7 Å². The number of benzene rings is 3. The van der Waals surface area contributed by atoms with Gasteiger partial charge in [0.05, 0.1) is 16.1 Å². The standard InChI is InChI=1S/C25H21Cl2NO/c1-25(2)12-17-22-16-6-4-3-5-14(16)8-10-20(22)28-24(23(17)21(29)13-25)15-7-9-18(26)19(27)11-15/h3-11,24,28H,12-13H2,1-2H3. The largest absolute Gasteiger partial charge is 0.373 e. The molecule has 5 rings (SSSR count). The van der Waals surface area contributed by atoms with Gasteiger partial charge in [-0.3, -0.25) is 4.79 Å². The minimum absolute atomic E-state index is 0.0658. The number of hydrogen-bond donors (Lipinski definition) is 1. The summed E-state index contributed by atoms with van der Waals surface area (Å²) in [6.45, 7) is 4.35. The summed E-state index contributed by atoms with van der Waals surface area (Å²) in [5, 5.41) is 7.01. The lowest BCUT2D eigenvalue weighted by Crippen LogP contribution is -2.33. The van der Waals surface area contributed by atoms with Crippen molar-refractivity contribution in [3.05, 3.63) is 81.3 Å². The number of ketones is 1. The zero-order valence-corrected chi connectivity index (χ0v) is 17.9. The fraction of sp³-hybridized carbons (Fsp3) is 0.240. The van der Waals surface area contributed by atoms with Crippen LogP contribution in [0.2, 0.25) is 10.0 Å². The second-order valence-corrected chi connectivity index (χ2v) is 9.61. The van der Waals surface area contributed by atoms with Crippen molar-refractivity contribution < 1.29 is 4.79 Å². The molecule has 1 aliphatic heterocycles. The first-order valence-electron chi connectivity index (χ1n) is 9.84. The molecular weight excluding hydrogens is 401 g/mol. The van der Waals surface area contributed by atoms with Crippen LogP contribution in [-0.2, 0) is 4.79 Å². The molecule has 0 saturated heterocycles. The zero-order valence-electron chi connectivity index (χ0n) is 16.4. The number of carbonyl (C=O) groups excluding carboxylic acids is 1. The highest BCUT2D eigenvalue weighted by Crippen LogP contribution is 2.52. The minimum atomic E-state index is -0.225. The first-order chi connectivity index (χ1) is 13.8. The number of anilines is 1. The SMILES string of the molecule is CC1(C)CC(=O)C2=C(C1)c1c(ccc3ccccc13)NC2c1ccc(Cl)c(Cl)c1. The molecule has 1 heterocycles. The van der Waals surface area contributed by atoms with Gasteiger partial charge < -0.3 is 5.32 Å². The minimum Gasteiger partial charge on any atom is -0.373 e. The first kappa shape index (κ1) is 18.7. The summed E-state index contributed by atoms with van der Waals surface area (Å²) in [7, 11) is 0. The molecule has 3 aromatic rings. The summed E-state index contributed by atoms with van der Waals surface area (Å²) in [4.78, 5) is 13.4. The molecule has 4 heteroatoms. The van der Waals surface area contributed by atoms with Crippen LogP contribution >= 0.6 is 23.2 Å². The molecule has 0 spiro atoms. The predicted octanol–water partition coefficient (Wildman–Crippen LogP) is 7.46. The maximum absolute atomic E-state index is 13.4. The van der Waals surface area contributed by atoms with Crippen LogP contribution in [0.3, 0.4) is 0 Å². The molecule has 0 aromatic heterocycles. The Morgan fingerprint density at radius 2 is 1.76 bits per heavy atom. The van der Waals surface area contributed by atoms with E-state index in [1.54, 1.807) is 6.07 Å². The van der Waals surface area contributed by atoms with Gasteiger partial charge in [-0.15, -0.1) is 0 Å². The number of nitrogens with one attached hydrogen (secondary N) is 1. The number of carbonyl (C=O) groups is 1. The number of halogens is 2. The van der Waals surface area contributed by atoms with E-state index < -0.39 is 0 Å². The van der Waals surface area contributed by atoms with E-state index in [0.29, 0.717) is 16.5 Å². The van der Waals surface area contributed by atoms with Gasteiger partial charge in [-0.25, -0.2) is 0 Å². The van der Waals surface area contributed by atoms with Crippen molar-refractivity contribution in [3.63, 3.8) is 0 Å². The monoisotopic (exact) mass is 421 g/mol. The highest BCUT2D eigenvalue weighted by atomic mass is 35.5. The van der Waals surface area contributed by atoms with Gasteiger partial charge in [0.15, 0.2) is 5.78 Å². The van der Waals surface area contributed by atoms with Crippen molar-refractivity contribution in [2.24, 2.45) is 5.41 Å². The molecule has 0 amide bonds. The van der Waals surface area contributed by atoms with Crippen LogP contribution in [0, 0.1) is 5.41 Å². The average molecular weight is 422 g/mol. The lowest BCUT2D eigenvalue weighted by atomic mass is 9.68. The molecular formula is C25H21Cl2NO. The van der Waals surface area contributed by atoms with Gasteiger partial charge in [0.2, 0.25) is 0 Å². The summed E-state index contributed by atoms with van der Waals surface area (Å²) in [5.74, 6) is 0.207. The quantitative estimate of drug-likeness (QED) is 0.441. The molecule has 0 radical (unpaired) electrons. The smallest absolute Gasteiger partial charge is 0.162 e.